The standard InChI is InChI=1S/C17H31N/c1-6-7-14(2)12-17(13-18)10-8-15(9-11-17)16(3,4)5/h14-15H,6-12H2,1-5H3. The number of nitrogens with zero attached hydrogens (tertiary/aromatic N) is 1. The molecule has 1 fully saturated rings. The molecule has 0 radical (unpaired) electrons. The summed E-state index contributed by atoms with van der Waals surface area (Å²) in [6.45, 7) is 11.6. The quantitative estimate of drug-likeness (QED) is 0.640. The second-order valence-corrected chi connectivity index (χ2v) is 7.63. The highest BCUT2D eigenvalue weighted by molar-refractivity contribution is 5.03. The average molecular weight is 249 g/mol. The van der Waals surface area contributed by atoms with E-state index in [0.717, 1.165) is 25.2 Å². The minimum Gasteiger partial charge on any atom is -0.198 e. The summed E-state index contributed by atoms with van der Waals surface area (Å²) in [5, 5.41) is 9.60. The van der Waals surface area contributed by atoms with Crippen molar-refractivity contribution >= 4 is 0 Å². The van der Waals surface area contributed by atoms with E-state index in [-0.39, 0.29) is 5.41 Å². The molecule has 0 heterocycles. The molecule has 0 aromatic rings. The van der Waals surface area contributed by atoms with Gasteiger partial charge in [0.1, 0.15) is 0 Å². The van der Waals surface area contributed by atoms with Crippen LogP contribution in [0.1, 0.15) is 79.6 Å². The van der Waals surface area contributed by atoms with Gasteiger partial charge in [-0.15, -0.1) is 0 Å². The molecule has 0 amide bonds. The Morgan fingerprint density at radius 2 is 1.83 bits per heavy atom. The molecule has 1 aliphatic rings. The Kier molecular flexibility index (Phi) is 5.26. The lowest BCUT2D eigenvalue weighted by Gasteiger charge is -2.41. The smallest absolute Gasteiger partial charge is 0.0689 e. The summed E-state index contributed by atoms with van der Waals surface area (Å²) in [6, 6.07) is 2.68. The van der Waals surface area contributed by atoms with Crippen LogP contribution in [-0.2, 0) is 0 Å². The van der Waals surface area contributed by atoms with Crippen LogP contribution in [0.15, 0.2) is 0 Å². The SMILES string of the molecule is CCCC(C)CC1(C#N)CCC(C(C)(C)C)CC1. The van der Waals surface area contributed by atoms with Crippen molar-refractivity contribution in [3.63, 3.8) is 0 Å². The van der Waals surface area contributed by atoms with Gasteiger partial charge in [0.05, 0.1) is 11.5 Å². The zero-order valence-corrected chi connectivity index (χ0v) is 13.1. The van der Waals surface area contributed by atoms with Gasteiger partial charge >= 0.3 is 0 Å². The second-order valence-electron chi connectivity index (χ2n) is 7.63. The molecule has 18 heavy (non-hydrogen) atoms. The van der Waals surface area contributed by atoms with Gasteiger partial charge < -0.3 is 0 Å². The number of hydrogen-bond donors (Lipinski definition) is 0. The minimum atomic E-state index is -0.00363. The fraction of sp³-hybridized carbons (Fsp3) is 0.941. The first-order valence-electron chi connectivity index (χ1n) is 7.74. The summed E-state index contributed by atoms with van der Waals surface area (Å²) in [5.74, 6) is 1.52. The predicted molar refractivity (Wildman–Crippen MR) is 78.1 cm³/mol. The normalized spacial score (nSPS) is 30.8. The lowest BCUT2D eigenvalue weighted by molar-refractivity contribution is 0.105. The number of hydrogen-bond acceptors (Lipinski definition) is 1. The van der Waals surface area contributed by atoms with Crippen molar-refractivity contribution in [2.45, 2.75) is 79.6 Å². The summed E-state index contributed by atoms with van der Waals surface area (Å²) in [7, 11) is 0. The maximum absolute atomic E-state index is 9.60. The van der Waals surface area contributed by atoms with Crippen molar-refractivity contribution in [1.29, 1.82) is 5.26 Å². The van der Waals surface area contributed by atoms with E-state index in [1.807, 2.05) is 0 Å². The third-order valence-electron chi connectivity index (χ3n) is 4.93. The molecule has 1 saturated carbocycles. The summed E-state index contributed by atoms with van der Waals surface area (Å²) in [4.78, 5) is 0. The molecule has 1 unspecified atom stereocenters. The Labute approximate surface area is 114 Å². The topological polar surface area (TPSA) is 23.8 Å². The Balaban J connectivity index is 2.58. The van der Waals surface area contributed by atoms with Crippen molar-refractivity contribution in [3.05, 3.63) is 0 Å². The summed E-state index contributed by atoms with van der Waals surface area (Å²) in [6.07, 6.45) is 8.37. The van der Waals surface area contributed by atoms with E-state index in [1.54, 1.807) is 0 Å². The molecule has 1 rings (SSSR count). The van der Waals surface area contributed by atoms with E-state index in [0.29, 0.717) is 11.3 Å². The molecule has 0 aromatic carbocycles. The van der Waals surface area contributed by atoms with Gasteiger partial charge in [-0.05, 0) is 49.4 Å². The maximum Gasteiger partial charge on any atom is 0.0689 e. The van der Waals surface area contributed by atoms with E-state index in [4.69, 9.17) is 0 Å². The lowest BCUT2D eigenvalue weighted by atomic mass is 9.62. The van der Waals surface area contributed by atoms with Crippen molar-refractivity contribution in [2.75, 3.05) is 0 Å². The van der Waals surface area contributed by atoms with Gasteiger partial charge in [0.25, 0.3) is 0 Å². The Morgan fingerprint density at radius 3 is 2.22 bits per heavy atom. The van der Waals surface area contributed by atoms with Gasteiger partial charge in [-0.2, -0.15) is 5.26 Å². The largest absolute Gasteiger partial charge is 0.198 e. The van der Waals surface area contributed by atoms with Crippen LogP contribution in [0, 0.1) is 34.0 Å². The van der Waals surface area contributed by atoms with Crippen LogP contribution in [-0.4, -0.2) is 0 Å². The van der Waals surface area contributed by atoms with E-state index in [2.05, 4.69) is 40.7 Å². The van der Waals surface area contributed by atoms with Crippen molar-refractivity contribution in [3.8, 4) is 6.07 Å². The van der Waals surface area contributed by atoms with Crippen molar-refractivity contribution < 1.29 is 0 Å². The first-order chi connectivity index (χ1) is 8.33. The molecule has 0 aliphatic heterocycles. The van der Waals surface area contributed by atoms with E-state index < -0.39 is 0 Å². The van der Waals surface area contributed by atoms with Gasteiger partial charge in [-0.25, -0.2) is 0 Å². The summed E-state index contributed by atoms with van der Waals surface area (Å²) < 4.78 is 0. The van der Waals surface area contributed by atoms with Gasteiger partial charge in [0.2, 0.25) is 0 Å². The fourth-order valence-corrected chi connectivity index (χ4v) is 3.66. The van der Waals surface area contributed by atoms with Crippen LogP contribution in [0.4, 0.5) is 0 Å². The number of nitriles is 1. The number of rotatable bonds is 4. The van der Waals surface area contributed by atoms with Gasteiger partial charge in [0, 0.05) is 0 Å². The molecule has 0 spiro atoms. The molecule has 1 heteroatoms. The highest BCUT2D eigenvalue weighted by Gasteiger charge is 2.39. The first kappa shape index (κ1) is 15.5. The summed E-state index contributed by atoms with van der Waals surface area (Å²) >= 11 is 0. The first-order valence-corrected chi connectivity index (χ1v) is 7.74. The third-order valence-corrected chi connectivity index (χ3v) is 4.93. The van der Waals surface area contributed by atoms with Crippen LogP contribution in [0.25, 0.3) is 0 Å². The molecule has 0 saturated heterocycles. The van der Waals surface area contributed by atoms with Crippen molar-refractivity contribution in [1.82, 2.24) is 0 Å². The molecule has 1 nitrogen and oxygen atoms in total. The molecule has 1 aliphatic carbocycles. The zero-order chi connectivity index (χ0) is 13.8. The van der Waals surface area contributed by atoms with Gasteiger partial charge in [-0.1, -0.05) is 47.5 Å². The Morgan fingerprint density at radius 1 is 1.28 bits per heavy atom. The van der Waals surface area contributed by atoms with E-state index >= 15 is 0 Å². The van der Waals surface area contributed by atoms with Crippen molar-refractivity contribution in [2.24, 2.45) is 22.7 Å². The summed E-state index contributed by atoms with van der Waals surface area (Å²) in [5.41, 5.74) is 0.410. The van der Waals surface area contributed by atoms with Crippen LogP contribution in [0.2, 0.25) is 0 Å². The molecule has 1 atom stereocenters. The molecule has 0 aromatic heterocycles. The molecular formula is C17H31N. The van der Waals surface area contributed by atoms with E-state index in [9.17, 15) is 5.26 Å². The molecular weight excluding hydrogens is 218 g/mol. The third kappa shape index (κ3) is 4.01. The molecule has 0 N–H and O–H groups in total. The highest BCUT2D eigenvalue weighted by atomic mass is 14.5. The Hall–Kier alpha value is -0.510. The van der Waals surface area contributed by atoms with Crippen LogP contribution < -0.4 is 0 Å². The Bertz CT molecular complexity index is 284. The molecule has 0 bridgehead atoms. The monoisotopic (exact) mass is 249 g/mol. The van der Waals surface area contributed by atoms with Crippen LogP contribution in [0.3, 0.4) is 0 Å². The lowest BCUT2D eigenvalue weighted by Crippen LogP contribution is -2.32. The van der Waals surface area contributed by atoms with Crippen LogP contribution >= 0.6 is 0 Å². The van der Waals surface area contributed by atoms with Gasteiger partial charge in [-0.3, -0.25) is 0 Å². The highest BCUT2D eigenvalue weighted by Crippen LogP contribution is 2.48. The van der Waals surface area contributed by atoms with Gasteiger partial charge in [0.15, 0.2) is 0 Å². The zero-order valence-electron chi connectivity index (χ0n) is 13.1. The maximum atomic E-state index is 9.60. The predicted octanol–water partition coefficient (Wildman–Crippen LogP) is 5.56. The molecule has 104 valence electrons. The minimum absolute atomic E-state index is 0.00363. The average Bonchev–Trinajstić information content (AvgIpc) is 2.28. The second kappa shape index (κ2) is 6.09. The van der Waals surface area contributed by atoms with E-state index in [1.165, 1.54) is 25.7 Å². The van der Waals surface area contributed by atoms with Crippen LogP contribution in [0.5, 0.6) is 0 Å². The fourth-order valence-electron chi connectivity index (χ4n) is 3.66.